The molecule has 0 spiro atoms. The van der Waals surface area contributed by atoms with E-state index in [0.29, 0.717) is 11.3 Å². The molecule has 0 atom stereocenters. The number of anilines is 2. The fourth-order valence-corrected chi connectivity index (χ4v) is 1.83. The predicted octanol–water partition coefficient (Wildman–Crippen LogP) is 2.94. The standard InChI is InChI=1S/C14H22N4/c1-3-5-9-18(10-6-4-2)14-13(16)12(11-15)7-8-17-14/h7-8H,3-6,9-10,16H2,1-2H3. The molecule has 0 saturated heterocycles. The second-order valence-corrected chi connectivity index (χ2v) is 4.40. The summed E-state index contributed by atoms with van der Waals surface area (Å²) in [6.45, 7) is 6.23. The van der Waals surface area contributed by atoms with E-state index in [1.807, 2.05) is 0 Å². The van der Waals surface area contributed by atoms with Crippen molar-refractivity contribution in [3.8, 4) is 6.07 Å². The lowest BCUT2D eigenvalue weighted by molar-refractivity contribution is 0.672. The molecule has 98 valence electrons. The molecule has 0 fully saturated rings. The quantitative estimate of drug-likeness (QED) is 0.803. The van der Waals surface area contributed by atoms with Crippen LogP contribution >= 0.6 is 0 Å². The van der Waals surface area contributed by atoms with E-state index in [1.54, 1.807) is 12.3 Å². The number of nitriles is 1. The highest BCUT2D eigenvalue weighted by Crippen LogP contribution is 2.24. The highest BCUT2D eigenvalue weighted by Gasteiger charge is 2.13. The summed E-state index contributed by atoms with van der Waals surface area (Å²) in [6.07, 6.45) is 6.17. The van der Waals surface area contributed by atoms with Gasteiger partial charge in [0.15, 0.2) is 5.82 Å². The fourth-order valence-electron chi connectivity index (χ4n) is 1.83. The number of hydrogen-bond donors (Lipinski definition) is 1. The van der Waals surface area contributed by atoms with Gasteiger partial charge in [-0.3, -0.25) is 0 Å². The topological polar surface area (TPSA) is 65.9 Å². The maximum absolute atomic E-state index is 9.00. The monoisotopic (exact) mass is 246 g/mol. The molecule has 1 aromatic rings. The van der Waals surface area contributed by atoms with Crippen LogP contribution in [0.3, 0.4) is 0 Å². The van der Waals surface area contributed by atoms with E-state index in [4.69, 9.17) is 11.0 Å². The van der Waals surface area contributed by atoms with Crippen LogP contribution < -0.4 is 10.6 Å². The summed E-state index contributed by atoms with van der Waals surface area (Å²) in [7, 11) is 0. The van der Waals surface area contributed by atoms with Crippen LogP contribution in [-0.2, 0) is 0 Å². The lowest BCUT2D eigenvalue weighted by atomic mass is 10.2. The van der Waals surface area contributed by atoms with Crippen LogP contribution in [0.15, 0.2) is 12.3 Å². The Morgan fingerprint density at radius 2 is 1.89 bits per heavy atom. The molecular weight excluding hydrogens is 224 g/mol. The van der Waals surface area contributed by atoms with Crippen molar-refractivity contribution in [3.05, 3.63) is 17.8 Å². The van der Waals surface area contributed by atoms with E-state index >= 15 is 0 Å². The molecule has 0 bridgehead atoms. The Morgan fingerprint density at radius 3 is 2.39 bits per heavy atom. The molecule has 1 heterocycles. The number of unbranched alkanes of at least 4 members (excludes halogenated alkanes) is 2. The first-order chi connectivity index (χ1) is 8.74. The van der Waals surface area contributed by atoms with Gasteiger partial charge in [-0.15, -0.1) is 0 Å². The summed E-state index contributed by atoms with van der Waals surface area (Å²) in [5, 5.41) is 9.00. The molecular formula is C14H22N4. The van der Waals surface area contributed by atoms with E-state index in [0.717, 1.165) is 44.6 Å². The predicted molar refractivity (Wildman–Crippen MR) is 75.4 cm³/mol. The van der Waals surface area contributed by atoms with E-state index in [2.05, 4.69) is 29.8 Å². The van der Waals surface area contributed by atoms with Crippen LogP contribution in [0, 0.1) is 11.3 Å². The van der Waals surface area contributed by atoms with Gasteiger partial charge in [-0.1, -0.05) is 26.7 Å². The maximum Gasteiger partial charge on any atom is 0.153 e. The normalized spacial score (nSPS) is 10.1. The second kappa shape index (κ2) is 7.54. The Hall–Kier alpha value is -1.76. The first-order valence-electron chi connectivity index (χ1n) is 6.64. The molecule has 0 aromatic carbocycles. The zero-order chi connectivity index (χ0) is 13.4. The minimum atomic E-state index is 0.507. The molecule has 0 aliphatic carbocycles. The lowest BCUT2D eigenvalue weighted by Crippen LogP contribution is -2.27. The maximum atomic E-state index is 9.00. The van der Waals surface area contributed by atoms with Crippen molar-refractivity contribution < 1.29 is 0 Å². The number of nitrogens with two attached hydrogens (primary N) is 1. The zero-order valence-corrected chi connectivity index (χ0v) is 11.3. The third kappa shape index (κ3) is 3.63. The van der Waals surface area contributed by atoms with Crippen molar-refractivity contribution in [1.82, 2.24) is 4.98 Å². The van der Waals surface area contributed by atoms with Gasteiger partial charge < -0.3 is 10.6 Å². The number of hydrogen-bond acceptors (Lipinski definition) is 4. The molecule has 18 heavy (non-hydrogen) atoms. The van der Waals surface area contributed by atoms with Gasteiger partial charge in [-0.05, 0) is 18.9 Å². The number of rotatable bonds is 7. The van der Waals surface area contributed by atoms with Crippen LogP contribution in [0.4, 0.5) is 11.5 Å². The molecule has 2 N–H and O–H groups in total. The summed E-state index contributed by atoms with van der Waals surface area (Å²) < 4.78 is 0. The second-order valence-electron chi connectivity index (χ2n) is 4.40. The molecule has 0 saturated carbocycles. The zero-order valence-electron chi connectivity index (χ0n) is 11.3. The van der Waals surface area contributed by atoms with Crippen molar-refractivity contribution in [3.63, 3.8) is 0 Å². The molecule has 1 aromatic heterocycles. The average Bonchev–Trinajstić information content (AvgIpc) is 2.40. The van der Waals surface area contributed by atoms with Crippen LogP contribution in [0.1, 0.15) is 45.1 Å². The van der Waals surface area contributed by atoms with Gasteiger partial charge in [0.05, 0.1) is 11.3 Å². The molecule has 0 amide bonds. The van der Waals surface area contributed by atoms with Gasteiger partial charge in [0.25, 0.3) is 0 Å². The molecule has 0 aliphatic rings. The van der Waals surface area contributed by atoms with Crippen molar-refractivity contribution in [1.29, 1.82) is 5.26 Å². The highest BCUT2D eigenvalue weighted by molar-refractivity contribution is 5.69. The fraction of sp³-hybridized carbons (Fsp3) is 0.571. The first kappa shape index (κ1) is 14.3. The van der Waals surface area contributed by atoms with Crippen LogP contribution in [0.5, 0.6) is 0 Å². The largest absolute Gasteiger partial charge is 0.395 e. The van der Waals surface area contributed by atoms with Crippen molar-refractivity contribution in [2.24, 2.45) is 0 Å². The Bertz CT molecular complexity index is 401. The Morgan fingerprint density at radius 1 is 1.28 bits per heavy atom. The minimum absolute atomic E-state index is 0.507. The Balaban J connectivity index is 2.93. The third-order valence-corrected chi connectivity index (χ3v) is 2.95. The van der Waals surface area contributed by atoms with E-state index < -0.39 is 0 Å². The van der Waals surface area contributed by atoms with Crippen LogP contribution in [-0.4, -0.2) is 18.1 Å². The van der Waals surface area contributed by atoms with Gasteiger partial charge in [0, 0.05) is 19.3 Å². The van der Waals surface area contributed by atoms with Crippen molar-refractivity contribution in [2.45, 2.75) is 39.5 Å². The third-order valence-electron chi connectivity index (χ3n) is 2.95. The number of pyridine rings is 1. The van der Waals surface area contributed by atoms with E-state index in [9.17, 15) is 0 Å². The summed E-state index contributed by atoms with van der Waals surface area (Å²) in [5.41, 5.74) is 7.03. The molecule has 4 heteroatoms. The Labute approximate surface area is 109 Å². The number of aromatic nitrogens is 1. The summed E-state index contributed by atoms with van der Waals surface area (Å²) >= 11 is 0. The molecule has 1 rings (SSSR count). The van der Waals surface area contributed by atoms with Crippen molar-refractivity contribution in [2.75, 3.05) is 23.7 Å². The first-order valence-corrected chi connectivity index (χ1v) is 6.64. The van der Waals surface area contributed by atoms with E-state index in [-0.39, 0.29) is 0 Å². The number of nitrogen functional groups attached to an aromatic ring is 1. The van der Waals surface area contributed by atoms with Gasteiger partial charge in [0.1, 0.15) is 6.07 Å². The van der Waals surface area contributed by atoms with Crippen LogP contribution in [0.2, 0.25) is 0 Å². The summed E-state index contributed by atoms with van der Waals surface area (Å²) in [4.78, 5) is 6.54. The molecule has 0 radical (unpaired) electrons. The molecule has 0 aliphatic heterocycles. The SMILES string of the molecule is CCCCN(CCCC)c1nccc(C#N)c1N. The Kier molecular flexibility index (Phi) is 5.99. The van der Waals surface area contributed by atoms with Gasteiger partial charge >= 0.3 is 0 Å². The van der Waals surface area contributed by atoms with E-state index in [1.165, 1.54) is 0 Å². The molecule has 0 unspecified atom stereocenters. The van der Waals surface area contributed by atoms with Gasteiger partial charge in [-0.25, -0.2) is 4.98 Å². The van der Waals surface area contributed by atoms with Crippen molar-refractivity contribution >= 4 is 11.5 Å². The van der Waals surface area contributed by atoms with Gasteiger partial charge in [0.2, 0.25) is 0 Å². The smallest absolute Gasteiger partial charge is 0.153 e. The highest BCUT2D eigenvalue weighted by atomic mass is 15.2. The summed E-state index contributed by atoms with van der Waals surface area (Å²) in [6, 6.07) is 3.77. The van der Waals surface area contributed by atoms with Gasteiger partial charge in [-0.2, -0.15) is 5.26 Å². The number of nitrogens with zero attached hydrogens (tertiary/aromatic N) is 3. The minimum Gasteiger partial charge on any atom is -0.395 e. The average molecular weight is 246 g/mol. The van der Waals surface area contributed by atoms with Crippen LogP contribution in [0.25, 0.3) is 0 Å². The lowest BCUT2D eigenvalue weighted by Gasteiger charge is -2.24. The summed E-state index contributed by atoms with van der Waals surface area (Å²) in [5.74, 6) is 0.760. The molecule has 4 nitrogen and oxygen atoms in total.